The first kappa shape index (κ1) is 26.0. The summed E-state index contributed by atoms with van der Waals surface area (Å²) in [6, 6.07) is 13.7. The van der Waals surface area contributed by atoms with E-state index in [2.05, 4.69) is 10.3 Å². The molecule has 1 heterocycles. The largest absolute Gasteiger partial charge is 0.493 e. The fourth-order valence-electron chi connectivity index (χ4n) is 3.07. The van der Waals surface area contributed by atoms with E-state index in [1.165, 1.54) is 18.9 Å². The highest BCUT2D eigenvalue weighted by Crippen LogP contribution is 2.39. The standard InChI is InChI=1S/C24H15Cl5N2O3S/c1-33-19-9-13(8-17(28)22(19)34-11-12-5-6-14(25)16(27)7-12)10-20-23(32)31-24(35-20)30-18-4-2-3-15(26)21(18)29/h2-10H,11H2,1H3,(H,30,31,32)/b20-10+. The number of halogens is 5. The molecule has 1 fully saturated rings. The zero-order valence-electron chi connectivity index (χ0n) is 17.9. The number of methoxy groups -OCH3 is 1. The Balaban J connectivity index is 1.55. The van der Waals surface area contributed by atoms with Crippen LogP contribution >= 0.6 is 69.8 Å². The van der Waals surface area contributed by atoms with Crippen molar-refractivity contribution in [2.24, 2.45) is 4.99 Å². The number of amides is 1. The Hall–Kier alpha value is -2.06. The van der Waals surface area contributed by atoms with Crippen LogP contribution in [0.4, 0.5) is 5.69 Å². The average Bonchev–Trinajstić information content (AvgIpc) is 3.16. The third-order valence-corrected chi connectivity index (χ3v) is 7.46. The number of benzene rings is 3. The molecule has 0 spiro atoms. The molecule has 1 aliphatic heterocycles. The first-order valence-corrected chi connectivity index (χ1v) is 12.6. The van der Waals surface area contributed by atoms with Gasteiger partial charge >= 0.3 is 0 Å². The van der Waals surface area contributed by atoms with E-state index in [1.54, 1.807) is 54.6 Å². The van der Waals surface area contributed by atoms with Gasteiger partial charge in [0.1, 0.15) is 6.61 Å². The second kappa shape index (κ2) is 11.3. The number of hydrogen-bond donors (Lipinski definition) is 1. The van der Waals surface area contributed by atoms with Crippen molar-refractivity contribution in [3.8, 4) is 11.5 Å². The first-order chi connectivity index (χ1) is 16.7. The van der Waals surface area contributed by atoms with Crippen molar-refractivity contribution >= 4 is 92.6 Å². The van der Waals surface area contributed by atoms with Crippen molar-refractivity contribution in [1.82, 2.24) is 5.32 Å². The molecule has 0 atom stereocenters. The molecule has 0 saturated carbocycles. The van der Waals surface area contributed by atoms with Gasteiger partial charge in [0.05, 0.1) is 42.8 Å². The number of amidine groups is 1. The Morgan fingerprint density at radius 3 is 2.51 bits per heavy atom. The minimum atomic E-state index is -0.304. The van der Waals surface area contributed by atoms with E-state index in [0.717, 1.165) is 5.56 Å². The van der Waals surface area contributed by atoms with Gasteiger partial charge in [0.15, 0.2) is 16.7 Å². The Kier molecular flexibility index (Phi) is 8.42. The quantitative estimate of drug-likeness (QED) is 0.294. The van der Waals surface area contributed by atoms with Crippen molar-refractivity contribution in [2.45, 2.75) is 6.61 Å². The van der Waals surface area contributed by atoms with Crippen molar-refractivity contribution in [1.29, 1.82) is 0 Å². The molecule has 11 heteroatoms. The Bertz CT molecular complexity index is 1380. The van der Waals surface area contributed by atoms with Crippen LogP contribution in [-0.2, 0) is 11.4 Å². The lowest BCUT2D eigenvalue weighted by atomic mass is 10.1. The maximum atomic E-state index is 12.5. The lowest BCUT2D eigenvalue weighted by Crippen LogP contribution is -2.19. The van der Waals surface area contributed by atoms with Crippen LogP contribution in [0, 0.1) is 0 Å². The van der Waals surface area contributed by atoms with Crippen molar-refractivity contribution in [3.63, 3.8) is 0 Å². The molecule has 1 amide bonds. The predicted molar refractivity (Wildman–Crippen MR) is 146 cm³/mol. The monoisotopic (exact) mass is 586 g/mol. The van der Waals surface area contributed by atoms with Gasteiger partial charge in [-0.2, -0.15) is 0 Å². The van der Waals surface area contributed by atoms with E-state index < -0.39 is 0 Å². The van der Waals surface area contributed by atoms with Crippen LogP contribution in [0.15, 0.2) is 58.4 Å². The summed E-state index contributed by atoms with van der Waals surface area (Å²) in [5.41, 5.74) is 1.92. The third-order valence-electron chi connectivity index (χ3n) is 4.72. The van der Waals surface area contributed by atoms with Crippen molar-refractivity contribution in [2.75, 3.05) is 7.11 Å². The number of aliphatic imine (C=N–C) groups is 1. The topological polar surface area (TPSA) is 59.9 Å². The zero-order valence-corrected chi connectivity index (χ0v) is 22.5. The van der Waals surface area contributed by atoms with E-state index in [0.29, 0.717) is 57.9 Å². The maximum Gasteiger partial charge on any atom is 0.264 e. The van der Waals surface area contributed by atoms with E-state index in [4.69, 9.17) is 67.5 Å². The number of rotatable bonds is 6. The number of carbonyl (C=O) groups is 1. The highest BCUT2D eigenvalue weighted by Gasteiger charge is 2.25. The van der Waals surface area contributed by atoms with Gasteiger partial charge in [0, 0.05) is 0 Å². The molecule has 4 rings (SSSR count). The van der Waals surface area contributed by atoms with Crippen molar-refractivity contribution in [3.05, 3.63) is 89.7 Å². The minimum Gasteiger partial charge on any atom is -0.493 e. The number of nitrogens with zero attached hydrogens (tertiary/aromatic N) is 1. The molecule has 0 radical (unpaired) electrons. The normalized spacial score (nSPS) is 15.5. The molecule has 180 valence electrons. The number of hydrogen-bond acceptors (Lipinski definition) is 5. The maximum absolute atomic E-state index is 12.5. The second-order valence-electron chi connectivity index (χ2n) is 7.13. The second-order valence-corrected chi connectivity index (χ2v) is 10.2. The van der Waals surface area contributed by atoms with Crippen LogP contribution in [0.25, 0.3) is 6.08 Å². The molecular weight excluding hydrogens is 574 g/mol. The van der Waals surface area contributed by atoms with Gasteiger partial charge in [-0.3, -0.25) is 4.79 Å². The summed E-state index contributed by atoms with van der Waals surface area (Å²) in [6.07, 6.45) is 1.68. The Morgan fingerprint density at radius 2 is 1.77 bits per heavy atom. The summed E-state index contributed by atoms with van der Waals surface area (Å²) in [5, 5.41) is 4.99. The molecule has 0 unspecified atom stereocenters. The molecule has 5 nitrogen and oxygen atoms in total. The Labute approximate surface area is 231 Å². The molecule has 1 aliphatic rings. The molecule has 3 aromatic carbocycles. The van der Waals surface area contributed by atoms with Crippen LogP contribution in [0.2, 0.25) is 25.1 Å². The van der Waals surface area contributed by atoms with E-state index in [1.807, 2.05) is 0 Å². The fraction of sp³-hybridized carbons (Fsp3) is 0.0833. The molecule has 1 N–H and O–H groups in total. The highest BCUT2D eigenvalue weighted by molar-refractivity contribution is 8.18. The van der Waals surface area contributed by atoms with Gasteiger partial charge in [0.25, 0.3) is 5.91 Å². The summed E-state index contributed by atoms with van der Waals surface area (Å²) in [7, 11) is 1.51. The molecule has 0 aromatic heterocycles. The van der Waals surface area contributed by atoms with Crippen molar-refractivity contribution < 1.29 is 14.3 Å². The number of nitrogens with one attached hydrogen (secondary N) is 1. The summed E-state index contributed by atoms with van der Waals surface area (Å²) >= 11 is 31.9. The van der Waals surface area contributed by atoms with E-state index >= 15 is 0 Å². The lowest BCUT2D eigenvalue weighted by Gasteiger charge is -2.14. The molecule has 3 aromatic rings. The summed E-state index contributed by atoms with van der Waals surface area (Å²) in [4.78, 5) is 17.3. The van der Waals surface area contributed by atoms with Crippen LogP contribution < -0.4 is 14.8 Å². The SMILES string of the molecule is COc1cc(/C=C2/SC(=Nc3cccc(Cl)c3Cl)NC2=O)cc(Cl)c1OCc1ccc(Cl)c(Cl)c1. The van der Waals surface area contributed by atoms with Gasteiger partial charge in [-0.1, -0.05) is 70.1 Å². The van der Waals surface area contributed by atoms with Gasteiger partial charge in [-0.25, -0.2) is 4.99 Å². The minimum absolute atomic E-state index is 0.206. The molecule has 0 aliphatic carbocycles. The highest BCUT2D eigenvalue weighted by atomic mass is 35.5. The van der Waals surface area contributed by atoms with Gasteiger partial charge in [-0.15, -0.1) is 0 Å². The van der Waals surface area contributed by atoms with E-state index in [-0.39, 0.29) is 12.5 Å². The predicted octanol–water partition coefficient (Wildman–Crippen LogP) is 8.43. The van der Waals surface area contributed by atoms with Crippen LogP contribution in [0.3, 0.4) is 0 Å². The number of ether oxygens (including phenoxy) is 2. The number of thioether (sulfide) groups is 1. The lowest BCUT2D eigenvalue weighted by molar-refractivity contribution is -0.115. The summed E-state index contributed by atoms with van der Waals surface area (Å²) in [6.45, 7) is 0.206. The van der Waals surface area contributed by atoms with Gasteiger partial charge < -0.3 is 14.8 Å². The third kappa shape index (κ3) is 6.20. The van der Waals surface area contributed by atoms with Crippen LogP contribution in [-0.4, -0.2) is 18.2 Å². The average molecular weight is 589 g/mol. The van der Waals surface area contributed by atoms with Crippen LogP contribution in [0.5, 0.6) is 11.5 Å². The molecule has 35 heavy (non-hydrogen) atoms. The number of carbonyl (C=O) groups excluding carboxylic acids is 1. The Morgan fingerprint density at radius 1 is 0.971 bits per heavy atom. The van der Waals surface area contributed by atoms with Gasteiger partial charge in [0.2, 0.25) is 0 Å². The molecule has 0 bridgehead atoms. The van der Waals surface area contributed by atoms with Crippen LogP contribution in [0.1, 0.15) is 11.1 Å². The fourth-order valence-corrected chi connectivity index (χ4v) is 4.84. The zero-order chi connectivity index (χ0) is 25.1. The smallest absolute Gasteiger partial charge is 0.264 e. The summed E-state index contributed by atoms with van der Waals surface area (Å²) < 4.78 is 11.4. The molecule has 1 saturated heterocycles. The van der Waals surface area contributed by atoms with E-state index in [9.17, 15) is 4.79 Å². The summed E-state index contributed by atoms with van der Waals surface area (Å²) in [5.74, 6) is 0.470. The first-order valence-electron chi connectivity index (χ1n) is 9.93. The van der Waals surface area contributed by atoms with Gasteiger partial charge in [-0.05, 0) is 65.4 Å². The molecular formula is C24H15Cl5N2O3S.